The second kappa shape index (κ2) is 7.23. The molecule has 0 spiro atoms. The van der Waals surface area contributed by atoms with Crippen LogP contribution in [-0.4, -0.2) is 19.8 Å². The molecule has 0 saturated heterocycles. The van der Waals surface area contributed by atoms with Gasteiger partial charge in [0.1, 0.15) is 5.60 Å². The number of hydrogen-bond acceptors (Lipinski definition) is 3. The summed E-state index contributed by atoms with van der Waals surface area (Å²) in [6.07, 6.45) is 4.08. The molecular formula is C20H24O3. The maximum atomic E-state index is 5.99. The molecule has 0 saturated carbocycles. The van der Waals surface area contributed by atoms with Crippen molar-refractivity contribution in [2.75, 3.05) is 14.2 Å². The first-order chi connectivity index (χ1) is 10.9. The monoisotopic (exact) mass is 312 g/mol. The molecule has 2 rings (SSSR count). The van der Waals surface area contributed by atoms with E-state index >= 15 is 0 Å². The lowest BCUT2D eigenvalue weighted by molar-refractivity contribution is 0.120. The first-order valence-electron chi connectivity index (χ1n) is 7.61. The fraction of sp³-hybridized carbons (Fsp3) is 0.300. The maximum Gasteiger partial charge on any atom is 0.204 e. The smallest absolute Gasteiger partial charge is 0.204 e. The highest BCUT2D eigenvalue weighted by atomic mass is 16.5. The molecule has 2 aromatic rings. The molecule has 0 aromatic heterocycles. The second-order valence-electron chi connectivity index (χ2n) is 6.21. The highest BCUT2D eigenvalue weighted by molar-refractivity contribution is 5.72. The van der Waals surface area contributed by atoms with Crippen molar-refractivity contribution in [3.05, 3.63) is 53.6 Å². The van der Waals surface area contributed by atoms with Gasteiger partial charge in [-0.2, -0.15) is 0 Å². The van der Waals surface area contributed by atoms with Crippen LogP contribution in [0.5, 0.6) is 17.2 Å². The van der Waals surface area contributed by atoms with Crippen LogP contribution < -0.4 is 14.2 Å². The van der Waals surface area contributed by atoms with Gasteiger partial charge in [0.05, 0.1) is 14.2 Å². The summed E-state index contributed by atoms with van der Waals surface area (Å²) >= 11 is 0. The van der Waals surface area contributed by atoms with Crippen molar-refractivity contribution in [2.24, 2.45) is 0 Å². The van der Waals surface area contributed by atoms with Gasteiger partial charge in [0.15, 0.2) is 11.5 Å². The molecule has 0 atom stereocenters. The zero-order valence-electron chi connectivity index (χ0n) is 14.4. The van der Waals surface area contributed by atoms with E-state index in [1.807, 2.05) is 57.2 Å². The summed E-state index contributed by atoms with van der Waals surface area (Å²) in [7, 11) is 3.27. The molecule has 0 bridgehead atoms. The van der Waals surface area contributed by atoms with E-state index in [1.54, 1.807) is 14.2 Å². The van der Waals surface area contributed by atoms with Crippen LogP contribution in [0.3, 0.4) is 0 Å². The van der Waals surface area contributed by atoms with E-state index < -0.39 is 0 Å². The molecule has 23 heavy (non-hydrogen) atoms. The van der Waals surface area contributed by atoms with Gasteiger partial charge in [0.2, 0.25) is 5.75 Å². The summed E-state index contributed by atoms with van der Waals surface area (Å²) in [5.74, 6) is 1.94. The first kappa shape index (κ1) is 16.9. The molecule has 0 radical (unpaired) electrons. The molecule has 3 nitrogen and oxygen atoms in total. The van der Waals surface area contributed by atoms with Crippen LogP contribution in [-0.2, 0) is 0 Å². The van der Waals surface area contributed by atoms with Crippen molar-refractivity contribution in [3.8, 4) is 17.2 Å². The van der Waals surface area contributed by atoms with E-state index in [-0.39, 0.29) is 5.60 Å². The standard InChI is InChI=1S/C20H24O3/c1-20(2,3)23-19-17(21-4)13-16(14-18(19)22-5)12-11-15-9-7-6-8-10-15/h6-14H,1-5H3. The predicted octanol–water partition coefficient (Wildman–Crippen LogP) is 5.05. The van der Waals surface area contributed by atoms with Gasteiger partial charge in [0, 0.05) is 0 Å². The summed E-state index contributed by atoms with van der Waals surface area (Å²) < 4.78 is 17.0. The Labute approximate surface area is 138 Å². The SMILES string of the molecule is COc1cc(C=Cc2ccccc2)cc(OC)c1OC(C)(C)C. The number of methoxy groups -OCH3 is 2. The Morgan fingerprint density at radius 1 is 0.783 bits per heavy atom. The van der Waals surface area contributed by atoms with Gasteiger partial charge in [-0.25, -0.2) is 0 Å². The minimum atomic E-state index is -0.331. The van der Waals surface area contributed by atoms with Crippen molar-refractivity contribution in [3.63, 3.8) is 0 Å². The third-order valence-corrected chi connectivity index (χ3v) is 3.16. The van der Waals surface area contributed by atoms with Crippen LogP contribution >= 0.6 is 0 Å². The third-order valence-electron chi connectivity index (χ3n) is 3.16. The lowest BCUT2D eigenvalue weighted by Crippen LogP contribution is -2.23. The van der Waals surface area contributed by atoms with Gasteiger partial charge >= 0.3 is 0 Å². The van der Waals surface area contributed by atoms with Gasteiger partial charge in [-0.05, 0) is 44.0 Å². The molecular weight excluding hydrogens is 288 g/mol. The van der Waals surface area contributed by atoms with Gasteiger partial charge in [-0.1, -0.05) is 42.5 Å². The topological polar surface area (TPSA) is 27.7 Å². The van der Waals surface area contributed by atoms with Crippen LogP contribution in [0.25, 0.3) is 12.2 Å². The van der Waals surface area contributed by atoms with E-state index in [4.69, 9.17) is 14.2 Å². The van der Waals surface area contributed by atoms with Crippen molar-refractivity contribution in [1.82, 2.24) is 0 Å². The molecule has 0 fully saturated rings. The average molecular weight is 312 g/mol. The number of ether oxygens (including phenoxy) is 3. The second-order valence-corrected chi connectivity index (χ2v) is 6.21. The Kier molecular flexibility index (Phi) is 5.32. The molecule has 2 aromatic carbocycles. The van der Waals surface area contributed by atoms with Gasteiger partial charge in [-0.15, -0.1) is 0 Å². The van der Waals surface area contributed by atoms with E-state index in [2.05, 4.69) is 18.2 Å². The molecule has 3 heteroatoms. The van der Waals surface area contributed by atoms with E-state index in [9.17, 15) is 0 Å². The minimum Gasteiger partial charge on any atom is -0.493 e. The van der Waals surface area contributed by atoms with Crippen molar-refractivity contribution in [1.29, 1.82) is 0 Å². The molecule has 0 unspecified atom stereocenters. The molecule has 0 N–H and O–H groups in total. The minimum absolute atomic E-state index is 0.331. The van der Waals surface area contributed by atoms with Gasteiger partial charge in [-0.3, -0.25) is 0 Å². The normalized spacial score (nSPS) is 11.5. The summed E-state index contributed by atoms with van der Waals surface area (Å²) in [4.78, 5) is 0. The average Bonchev–Trinajstić information content (AvgIpc) is 2.53. The van der Waals surface area contributed by atoms with Crippen LogP contribution in [0.1, 0.15) is 31.9 Å². The maximum absolute atomic E-state index is 5.99. The van der Waals surface area contributed by atoms with E-state index in [0.29, 0.717) is 17.2 Å². The van der Waals surface area contributed by atoms with Gasteiger partial charge < -0.3 is 14.2 Å². The van der Waals surface area contributed by atoms with Crippen molar-refractivity contribution < 1.29 is 14.2 Å². The highest BCUT2D eigenvalue weighted by Crippen LogP contribution is 2.40. The Balaban J connectivity index is 2.37. The van der Waals surface area contributed by atoms with Crippen molar-refractivity contribution in [2.45, 2.75) is 26.4 Å². The van der Waals surface area contributed by atoms with Crippen LogP contribution in [0.2, 0.25) is 0 Å². The van der Waals surface area contributed by atoms with Crippen LogP contribution in [0.4, 0.5) is 0 Å². The predicted molar refractivity (Wildman–Crippen MR) is 95.3 cm³/mol. The Morgan fingerprint density at radius 2 is 1.30 bits per heavy atom. The third kappa shape index (κ3) is 4.78. The first-order valence-corrected chi connectivity index (χ1v) is 7.61. The van der Waals surface area contributed by atoms with Crippen molar-refractivity contribution >= 4 is 12.2 Å². The Hall–Kier alpha value is -2.42. The Morgan fingerprint density at radius 3 is 1.78 bits per heavy atom. The summed E-state index contributed by atoms with van der Waals surface area (Å²) in [5.41, 5.74) is 1.80. The number of benzene rings is 2. The molecule has 0 amide bonds. The number of rotatable bonds is 5. The Bertz CT molecular complexity index is 642. The largest absolute Gasteiger partial charge is 0.493 e. The molecule has 0 aliphatic carbocycles. The zero-order chi connectivity index (χ0) is 16.9. The molecule has 0 heterocycles. The lowest BCUT2D eigenvalue weighted by atomic mass is 10.1. The highest BCUT2D eigenvalue weighted by Gasteiger charge is 2.20. The van der Waals surface area contributed by atoms with E-state index in [1.165, 1.54) is 0 Å². The van der Waals surface area contributed by atoms with Crippen LogP contribution in [0, 0.1) is 0 Å². The summed E-state index contributed by atoms with van der Waals surface area (Å²) in [6.45, 7) is 5.99. The fourth-order valence-electron chi connectivity index (χ4n) is 2.16. The fourth-order valence-corrected chi connectivity index (χ4v) is 2.16. The molecule has 0 aliphatic heterocycles. The molecule has 0 aliphatic rings. The summed E-state index contributed by atoms with van der Waals surface area (Å²) in [6, 6.07) is 14.0. The quantitative estimate of drug-likeness (QED) is 0.723. The van der Waals surface area contributed by atoms with Gasteiger partial charge in [0.25, 0.3) is 0 Å². The number of hydrogen-bond donors (Lipinski definition) is 0. The summed E-state index contributed by atoms with van der Waals surface area (Å²) in [5, 5.41) is 0. The molecule has 122 valence electrons. The van der Waals surface area contributed by atoms with E-state index in [0.717, 1.165) is 11.1 Å². The van der Waals surface area contributed by atoms with Crippen LogP contribution in [0.15, 0.2) is 42.5 Å². The lowest BCUT2D eigenvalue weighted by Gasteiger charge is -2.24. The zero-order valence-corrected chi connectivity index (χ0v) is 14.4.